The second-order valence-corrected chi connectivity index (χ2v) is 18.6. The molecule has 5 saturated carbocycles. The maximum absolute atomic E-state index is 14.0. The molecule has 0 aromatic heterocycles. The molecule has 7 heteroatoms. The predicted octanol–water partition coefficient (Wildman–Crippen LogP) is 7.52. The number of ether oxygens (including phenoxy) is 1. The van der Waals surface area contributed by atoms with Crippen LogP contribution in [-0.4, -0.2) is 42.1 Å². The number of carbonyl (C=O) groups excluding carboxylic acids is 2. The number of fused-ring (bicyclic) bond motifs is 7. The third-order valence-corrected chi connectivity index (χ3v) is 15.4. The number of amides is 1. The van der Waals surface area contributed by atoms with E-state index in [-0.39, 0.29) is 57.9 Å². The van der Waals surface area contributed by atoms with Crippen molar-refractivity contribution in [3.63, 3.8) is 0 Å². The third-order valence-electron chi connectivity index (χ3n) is 15.4. The molecular weight excluding hydrogens is 576 g/mol. The number of nitrogens with two attached hydrogens (primary N) is 1. The van der Waals surface area contributed by atoms with Gasteiger partial charge in [-0.25, -0.2) is 0 Å². The first kappa shape index (κ1) is 35.4. The van der Waals surface area contributed by atoms with Gasteiger partial charge < -0.3 is 20.9 Å². The zero-order valence-corrected chi connectivity index (χ0v) is 30.2. The van der Waals surface area contributed by atoms with E-state index in [0.29, 0.717) is 42.7 Å². The molecule has 260 valence electrons. The summed E-state index contributed by atoms with van der Waals surface area (Å²) in [6.07, 6.45) is 10.5. The number of carboxylic acid groups (broad SMARTS) is 1. The van der Waals surface area contributed by atoms with Crippen LogP contribution in [0.4, 0.5) is 0 Å². The van der Waals surface area contributed by atoms with Gasteiger partial charge in [-0.05, 0) is 122 Å². The van der Waals surface area contributed by atoms with Gasteiger partial charge in [-0.1, -0.05) is 60.6 Å². The molecule has 4 N–H and O–H groups in total. The van der Waals surface area contributed by atoms with Gasteiger partial charge in [-0.15, -0.1) is 0 Å². The molecule has 0 saturated heterocycles. The SMILES string of the molecule is C=C(C)[C@@H]1CC[C@]2(C(=O)NCCN)CC[C@]3(C)[C@H](CC[C@@H]4[C@@]5(C)CC[C@H](OC(=O)CC(C)(C)CC(=O)O)C(C)(C)[C@@H]5CC[C@]43C)[C@@H]12. The van der Waals surface area contributed by atoms with E-state index in [0.717, 1.165) is 57.8 Å². The van der Waals surface area contributed by atoms with E-state index in [4.69, 9.17) is 10.5 Å². The molecule has 0 aromatic rings. The summed E-state index contributed by atoms with van der Waals surface area (Å²) in [7, 11) is 0. The molecule has 5 rings (SSSR count). The maximum atomic E-state index is 14.0. The maximum Gasteiger partial charge on any atom is 0.306 e. The first-order chi connectivity index (χ1) is 21.3. The molecular formula is C39H64N2O5. The van der Waals surface area contributed by atoms with Crippen molar-refractivity contribution in [3.05, 3.63) is 12.2 Å². The molecule has 0 spiro atoms. The summed E-state index contributed by atoms with van der Waals surface area (Å²) in [6.45, 7) is 23.7. The average Bonchev–Trinajstić information content (AvgIpc) is 3.34. The highest BCUT2D eigenvalue weighted by atomic mass is 16.5. The molecule has 0 heterocycles. The van der Waals surface area contributed by atoms with Gasteiger partial charge in [-0.2, -0.15) is 0 Å². The van der Waals surface area contributed by atoms with Crippen LogP contribution in [0.3, 0.4) is 0 Å². The Labute approximate surface area is 278 Å². The monoisotopic (exact) mass is 640 g/mol. The fraction of sp³-hybridized carbons (Fsp3) is 0.872. The van der Waals surface area contributed by atoms with Gasteiger partial charge >= 0.3 is 11.9 Å². The normalized spacial score (nSPS) is 42.9. The lowest BCUT2D eigenvalue weighted by atomic mass is 9.32. The second kappa shape index (κ2) is 11.9. The van der Waals surface area contributed by atoms with Gasteiger partial charge in [0, 0.05) is 18.5 Å². The quantitative estimate of drug-likeness (QED) is 0.177. The Morgan fingerprint density at radius 3 is 2.22 bits per heavy atom. The van der Waals surface area contributed by atoms with E-state index in [9.17, 15) is 19.5 Å². The van der Waals surface area contributed by atoms with E-state index in [1.54, 1.807) is 0 Å². The van der Waals surface area contributed by atoms with Crippen molar-refractivity contribution < 1.29 is 24.2 Å². The molecule has 5 aliphatic carbocycles. The smallest absolute Gasteiger partial charge is 0.306 e. The first-order valence-corrected chi connectivity index (χ1v) is 18.3. The molecule has 0 aliphatic heterocycles. The fourth-order valence-electron chi connectivity index (χ4n) is 13.1. The molecule has 5 fully saturated rings. The Balaban J connectivity index is 1.40. The van der Waals surface area contributed by atoms with Crippen molar-refractivity contribution in [3.8, 4) is 0 Å². The van der Waals surface area contributed by atoms with E-state index < -0.39 is 11.4 Å². The van der Waals surface area contributed by atoms with Gasteiger partial charge in [0.25, 0.3) is 0 Å². The van der Waals surface area contributed by atoms with Crippen molar-refractivity contribution in [2.45, 2.75) is 139 Å². The van der Waals surface area contributed by atoms with Crippen molar-refractivity contribution in [2.24, 2.45) is 67.8 Å². The van der Waals surface area contributed by atoms with Gasteiger partial charge in [0.15, 0.2) is 0 Å². The lowest BCUT2D eigenvalue weighted by molar-refractivity contribution is -0.249. The zero-order valence-electron chi connectivity index (χ0n) is 30.2. The molecule has 1 amide bonds. The van der Waals surface area contributed by atoms with Crippen LogP contribution in [0.1, 0.15) is 132 Å². The minimum Gasteiger partial charge on any atom is -0.481 e. The van der Waals surface area contributed by atoms with Crippen LogP contribution < -0.4 is 11.1 Å². The number of carboxylic acids is 1. The molecule has 5 aliphatic rings. The second-order valence-electron chi connectivity index (χ2n) is 18.6. The summed E-state index contributed by atoms with van der Waals surface area (Å²) >= 11 is 0. The summed E-state index contributed by atoms with van der Waals surface area (Å²) in [5, 5.41) is 12.5. The van der Waals surface area contributed by atoms with E-state index in [1.165, 1.54) is 12.0 Å². The van der Waals surface area contributed by atoms with Crippen molar-refractivity contribution in [1.29, 1.82) is 0 Å². The number of rotatable bonds is 9. The van der Waals surface area contributed by atoms with Crippen molar-refractivity contribution in [2.75, 3.05) is 13.1 Å². The average molecular weight is 641 g/mol. The summed E-state index contributed by atoms with van der Waals surface area (Å²) in [5.74, 6) is 1.32. The van der Waals surface area contributed by atoms with Gasteiger partial charge in [0.2, 0.25) is 5.91 Å². The van der Waals surface area contributed by atoms with E-state index in [2.05, 4.69) is 53.4 Å². The molecule has 0 aromatic carbocycles. The number of esters is 1. The number of aliphatic carboxylic acids is 1. The Morgan fingerprint density at radius 1 is 0.891 bits per heavy atom. The Hall–Kier alpha value is -1.89. The highest BCUT2D eigenvalue weighted by Crippen LogP contribution is 2.77. The molecule has 0 bridgehead atoms. The van der Waals surface area contributed by atoms with Gasteiger partial charge in [-0.3, -0.25) is 14.4 Å². The predicted molar refractivity (Wildman–Crippen MR) is 182 cm³/mol. The number of hydrogen-bond donors (Lipinski definition) is 3. The Morgan fingerprint density at radius 2 is 1.59 bits per heavy atom. The number of hydrogen-bond acceptors (Lipinski definition) is 5. The topological polar surface area (TPSA) is 119 Å². The van der Waals surface area contributed by atoms with Crippen LogP contribution in [0.15, 0.2) is 12.2 Å². The number of nitrogens with one attached hydrogen (secondary N) is 1. The minimum atomic E-state index is -0.887. The molecule has 0 radical (unpaired) electrons. The Bertz CT molecular complexity index is 1240. The highest BCUT2D eigenvalue weighted by molar-refractivity contribution is 5.84. The lowest BCUT2D eigenvalue weighted by Crippen LogP contribution is -2.67. The van der Waals surface area contributed by atoms with E-state index >= 15 is 0 Å². The lowest BCUT2D eigenvalue weighted by Gasteiger charge is -2.72. The minimum absolute atomic E-state index is 0.0512. The van der Waals surface area contributed by atoms with Crippen LogP contribution in [0.2, 0.25) is 0 Å². The van der Waals surface area contributed by atoms with Crippen molar-refractivity contribution >= 4 is 17.8 Å². The fourth-order valence-corrected chi connectivity index (χ4v) is 13.1. The number of allylic oxidation sites excluding steroid dienone is 1. The largest absolute Gasteiger partial charge is 0.481 e. The Kier molecular flexibility index (Phi) is 9.17. The zero-order chi connectivity index (χ0) is 34.1. The summed E-state index contributed by atoms with van der Waals surface area (Å²) < 4.78 is 6.24. The van der Waals surface area contributed by atoms with Crippen LogP contribution >= 0.6 is 0 Å². The summed E-state index contributed by atoms with van der Waals surface area (Å²) in [5.41, 5.74) is 6.41. The third kappa shape index (κ3) is 5.37. The van der Waals surface area contributed by atoms with Crippen LogP contribution in [-0.2, 0) is 19.1 Å². The van der Waals surface area contributed by atoms with Crippen LogP contribution in [0, 0.1) is 62.1 Å². The van der Waals surface area contributed by atoms with Crippen LogP contribution in [0.5, 0.6) is 0 Å². The van der Waals surface area contributed by atoms with Gasteiger partial charge in [0.1, 0.15) is 6.10 Å². The summed E-state index contributed by atoms with van der Waals surface area (Å²) in [4.78, 5) is 38.4. The molecule has 10 atom stereocenters. The van der Waals surface area contributed by atoms with Crippen LogP contribution in [0.25, 0.3) is 0 Å². The van der Waals surface area contributed by atoms with Gasteiger partial charge in [0.05, 0.1) is 18.3 Å². The number of carbonyl (C=O) groups is 3. The molecule has 7 nitrogen and oxygen atoms in total. The van der Waals surface area contributed by atoms with E-state index in [1.807, 2.05) is 13.8 Å². The highest BCUT2D eigenvalue weighted by Gasteiger charge is 2.72. The first-order valence-electron chi connectivity index (χ1n) is 18.3. The molecule has 0 unspecified atom stereocenters. The van der Waals surface area contributed by atoms with Crippen molar-refractivity contribution in [1.82, 2.24) is 5.32 Å². The summed E-state index contributed by atoms with van der Waals surface area (Å²) in [6, 6.07) is 0. The molecule has 46 heavy (non-hydrogen) atoms. The standard InChI is InChI=1S/C39H64N2O5/c1-24(2)25-12-17-39(33(45)41-21-20-40)19-18-37(8)26(32(25)39)10-11-28-36(7)15-14-29(35(5,6)27(36)13-16-38(28,37)9)46-31(44)23-34(3,4)22-30(42)43/h25-29,32H,1,10-23,40H2,2-9H3,(H,41,45)(H,42,43)/t25-,26+,27-,28+,29-,32+,36-,37+,38+,39-/m0/s1.